The standard InChI is InChI=1S/C6H10N2OS.ClH/c1-4-3-10-6(8-4)5(7)2-9;/h3,5,9H,2,7H2,1H3;1H/t5-;/m0./s1. The number of nitrogens with two attached hydrogens (primary N) is 1. The SMILES string of the molecule is Cc1csc([C@@H](N)CO)n1.Cl. The molecule has 1 aromatic heterocycles. The van der Waals surface area contributed by atoms with Crippen LogP contribution in [0.3, 0.4) is 0 Å². The number of hydrogen-bond acceptors (Lipinski definition) is 4. The minimum absolute atomic E-state index is 0. The third kappa shape index (κ3) is 2.75. The lowest BCUT2D eigenvalue weighted by molar-refractivity contribution is 0.267. The number of aliphatic hydroxyl groups excluding tert-OH is 1. The zero-order chi connectivity index (χ0) is 7.56. The molecule has 0 aliphatic rings. The molecule has 0 spiro atoms. The molecule has 11 heavy (non-hydrogen) atoms. The van der Waals surface area contributed by atoms with Crippen LogP contribution in [-0.4, -0.2) is 16.7 Å². The number of aryl methyl sites for hydroxylation is 1. The van der Waals surface area contributed by atoms with Gasteiger partial charge >= 0.3 is 0 Å². The lowest BCUT2D eigenvalue weighted by atomic mass is 10.3. The zero-order valence-corrected chi connectivity index (χ0v) is 7.78. The van der Waals surface area contributed by atoms with Crippen LogP contribution < -0.4 is 5.73 Å². The maximum atomic E-state index is 8.64. The van der Waals surface area contributed by atoms with Gasteiger partial charge in [0.2, 0.25) is 0 Å². The molecule has 0 bridgehead atoms. The molecule has 1 rings (SSSR count). The van der Waals surface area contributed by atoms with E-state index in [1.165, 1.54) is 11.3 Å². The molecule has 0 aliphatic heterocycles. The molecule has 0 aliphatic carbocycles. The number of hydrogen-bond donors (Lipinski definition) is 2. The highest BCUT2D eigenvalue weighted by atomic mass is 35.5. The summed E-state index contributed by atoms with van der Waals surface area (Å²) in [6, 6.07) is -0.307. The maximum Gasteiger partial charge on any atom is 0.112 e. The Morgan fingerprint density at radius 1 is 1.82 bits per heavy atom. The van der Waals surface area contributed by atoms with Crippen LogP contribution in [0.25, 0.3) is 0 Å². The number of nitrogens with zero attached hydrogens (tertiary/aromatic N) is 1. The number of aliphatic hydroxyl groups is 1. The molecule has 0 amide bonds. The Labute approximate surface area is 75.7 Å². The highest BCUT2D eigenvalue weighted by Gasteiger charge is 2.06. The quantitative estimate of drug-likeness (QED) is 0.735. The van der Waals surface area contributed by atoms with Crippen LogP contribution >= 0.6 is 23.7 Å². The van der Waals surface area contributed by atoms with Crippen molar-refractivity contribution >= 4 is 23.7 Å². The fourth-order valence-electron chi connectivity index (χ4n) is 0.621. The smallest absolute Gasteiger partial charge is 0.112 e. The first-order chi connectivity index (χ1) is 4.74. The third-order valence-corrected chi connectivity index (χ3v) is 2.25. The molecule has 64 valence electrons. The minimum atomic E-state index is -0.307. The van der Waals surface area contributed by atoms with Crippen molar-refractivity contribution in [2.75, 3.05) is 6.61 Å². The van der Waals surface area contributed by atoms with Gasteiger partial charge in [0, 0.05) is 11.1 Å². The van der Waals surface area contributed by atoms with Crippen LogP contribution in [0.5, 0.6) is 0 Å². The lowest BCUT2D eigenvalue weighted by Gasteiger charge is -2.00. The summed E-state index contributed by atoms with van der Waals surface area (Å²) < 4.78 is 0. The van der Waals surface area contributed by atoms with E-state index in [9.17, 15) is 0 Å². The second kappa shape index (κ2) is 4.66. The average molecular weight is 195 g/mol. The van der Waals surface area contributed by atoms with E-state index in [2.05, 4.69) is 4.98 Å². The van der Waals surface area contributed by atoms with E-state index in [-0.39, 0.29) is 25.1 Å². The third-order valence-electron chi connectivity index (χ3n) is 1.15. The molecule has 0 unspecified atom stereocenters. The first kappa shape index (κ1) is 10.8. The molecule has 0 fully saturated rings. The van der Waals surface area contributed by atoms with Crippen molar-refractivity contribution in [1.29, 1.82) is 0 Å². The summed E-state index contributed by atoms with van der Waals surface area (Å²) in [6.07, 6.45) is 0. The molecule has 5 heteroatoms. The van der Waals surface area contributed by atoms with Crippen molar-refractivity contribution in [3.8, 4) is 0 Å². The molecule has 1 heterocycles. The predicted octanol–water partition coefficient (Wildman–Crippen LogP) is 0.865. The topological polar surface area (TPSA) is 59.1 Å². The van der Waals surface area contributed by atoms with E-state index >= 15 is 0 Å². The van der Waals surface area contributed by atoms with Crippen LogP contribution in [-0.2, 0) is 0 Å². The summed E-state index contributed by atoms with van der Waals surface area (Å²) in [5.41, 5.74) is 6.47. The molecular formula is C6H11ClN2OS. The molecule has 0 radical (unpaired) electrons. The van der Waals surface area contributed by atoms with Gasteiger partial charge in [-0.25, -0.2) is 4.98 Å². The van der Waals surface area contributed by atoms with Crippen molar-refractivity contribution < 1.29 is 5.11 Å². The van der Waals surface area contributed by atoms with Crippen molar-refractivity contribution in [1.82, 2.24) is 4.98 Å². The van der Waals surface area contributed by atoms with Gasteiger partial charge in [0.05, 0.1) is 12.6 Å². The molecule has 0 saturated heterocycles. The highest BCUT2D eigenvalue weighted by molar-refractivity contribution is 7.09. The van der Waals surface area contributed by atoms with E-state index in [0.717, 1.165) is 10.7 Å². The maximum absolute atomic E-state index is 8.64. The normalized spacial score (nSPS) is 12.3. The Morgan fingerprint density at radius 2 is 2.45 bits per heavy atom. The minimum Gasteiger partial charge on any atom is -0.394 e. The number of rotatable bonds is 2. The average Bonchev–Trinajstić information content (AvgIpc) is 2.34. The molecule has 1 aromatic rings. The van der Waals surface area contributed by atoms with Gasteiger partial charge in [0.25, 0.3) is 0 Å². The summed E-state index contributed by atoms with van der Waals surface area (Å²) in [6.45, 7) is 1.87. The zero-order valence-electron chi connectivity index (χ0n) is 6.15. The molecule has 0 saturated carbocycles. The lowest BCUT2D eigenvalue weighted by Crippen LogP contribution is -2.13. The van der Waals surface area contributed by atoms with E-state index in [0.29, 0.717) is 0 Å². The van der Waals surface area contributed by atoms with Crippen LogP contribution in [0.15, 0.2) is 5.38 Å². The number of thiazole rings is 1. The Balaban J connectivity index is 0.000001000. The van der Waals surface area contributed by atoms with Gasteiger partial charge in [0.1, 0.15) is 5.01 Å². The monoisotopic (exact) mass is 194 g/mol. The number of halogens is 1. The van der Waals surface area contributed by atoms with Crippen molar-refractivity contribution in [2.45, 2.75) is 13.0 Å². The van der Waals surface area contributed by atoms with Crippen molar-refractivity contribution in [2.24, 2.45) is 5.73 Å². The van der Waals surface area contributed by atoms with Gasteiger partial charge in [-0.3, -0.25) is 0 Å². The molecule has 1 atom stereocenters. The van der Waals surface area contributed by atoms with Gasteiger partial charge in [-0.1, -0.05) is 0 Å². The Bertz CT molecular complexity index is 216. The van der Waals surface area contributed by atoms with Crippen LogP contribution in [0, 0.1) is 6.92 Å². The summed E-state index contributed by atoms with van der Waals surface area (Å²) in [5.74, 6) is 0. The van der Waals surface area contributed by atoms with Crippen LogP contribution in [0.2, 0.25) is 0 Å². The fraction of sp³-hybridized carbons (Fsp3) is 0.500. The van der Waals surface area contributed by atoms with Gasteiger partial charge < -0.3 is 10.8 Å². The van der Waals surface area contributed by atoms with E-state index in [1.807, 2.05) is 12.3 Å². The molecule has 3 N–H and O–H groups in total. The molecule has 3 nitrogen and oxygen atoms in total. The van der Waals surface area contributed by atoms with Gasteiger partial charge in [-0.2, -0.15) is 0 Å². The summed E-state index contributed by atoms with van der Waals surface area (Å²) in [7, 11) is 0. The van der Waals surface area contributed by atoms with Gasteiger partial charge in [-0.15, -0.1) is 23.7 Å². The van der Waals surface area contributed by atoms with E-state index in [1.54, 1.807) is 0 Å². The van der Waals surface area contributed by atoms with E-state index in [4.69, 9.17) is 10.8 Å². The van der Waals surface area contributed by atoms with Crippen molar-refractivity contribution in [3.63, 3.8) is 0 Å². The highest BCUT2D eigenvalue weighted by Crippen LogP contribution is 2.14. The summed E-state index contributed by atoms with van der Waals surface area (Å²) >= 11 is 1.49. The number of aromatic nitrogens is 1. The predicted molar refractivity (Wildman–Crippen MR) is 48.1 cm³/mol. The Morgan fingerprint density at radius 3 is 2.82 bits per heavy atom. The van der Waals surface area contributed by atoms with Crippen molar-refractivity contribution in [3.05, 3.63) is 16.1 Å². The Kier molecular flexibility index (Phi) is 4.60. The first-order valence-electron chi connectivity index (χ1n) is 3.02. The van der Waals surface area contributed by atoms with Crippen LogP contribution in [0.1, 0.15) is 16.7 Å². The molecule has 0 aromatic carbocycles. The fourth-order valence-corrected chi connectivity index (χ4v) is 1.41. The van der Waals surface area contributed by atoms with Gasteiger partial charge in [0.15, 0.2) is 0 Å². The van der Waals surface area contributed by atoms with Crippen LogP contribution in [0.4, 0.5) is 0 Å². The second-order valence-corrected chi connectivity index (χ2v) is 3.01. The largest absolute Gasteiger partial charge is 0.394 e. The van der Waals surface area contributed by atoms with E-state index < -0.39 is 0 Å². The summed E-state index contributed by atoms with van der Waals surface area (Å²) in [5, 5.41) is 11.4. The summed E-state index contributed by atoms with van der Waals surface area (Å²) in [4.78, 5) is 4.11. The second-order valence-electron chi connectivity index (χ2n) is 2.12. The first-order valence-corrected chi connectivity index (χ1v) is 3.90. The molecular weight excluding hydrogens is 184 g/mol. The Hall–Kier alpha value is -0.160. The van der Waals surface area contributed by atoms with Gasteiger partial charge in [-0.05, 0) is 6.92 Å².